The largest absolute Gasteiger partial charge is 0.330 e. The molecule has 0 spiro atoms. The van der Waals surface area contributed by atoms with E-state index in [9.17, 15) is 4.79 Å². The third kappa shape index (κ3) is 2.90. The van der Waals surface area contributed by atoms with E-state index in [1.54, 1.807) is 0 Å². The Labute approximate surface area is 90.3 Å². The van der Waals surface area contributed by atoms with Gasteiger partial charge in [-0.2, -0.15) is 0 Å². The van der Waals surface area contributed by atoms with Gasteiger partial charge in [0, 0.05) is 15.8 Å². The molecule has 0 saturated heterocycles. The van der Waals surface area contributed by atoms with Crippen molar-refractivity contribution in [3.8, 4) is 0 Å². The van der Waals surface area contributed by atoms with Gasteiger partial charge in [0.05, 0.1) is 4.88 Å². The number of nitrogens with two attached hydrogens (primary N) is 1. The van der Waals surface area contributed by atoms with Crippen LogP contribution < -0.4 is 5.73 Å². The zero-order chi connectivity index (χ0) is 9.84. The topological polar surface area (TPSA) is 43.1 Å². The Morgan fingerprint density at radius 2 is 2.46 bits per heavy atom. The first kappa shape index (κ1) is 10.9. The normalized spacial score (nSPS) is 12.8. The molecule has 0 radical (unpaired) electrons. The first-order valence-corrected chi connectivity index (χ1v) is 5.80. The second-order valence-corrected chi connectivity index (χ2v) is 4.80. The summed E-state index contributed by atoms with van der Waals surface area (Å²) in [7, 11) is 0. The highest BCUT2D eigenvalue weighted by Gasteiger charge is 2.15. The van der Waals surface area contributed by atoms with Gasteiger partial charge in [-0.15, -0.1) is 11.3 Å². The molecule has 2 N–H and O–H groups in total. The molecule has 0 aliphatic rings. The number of rotatable bonds is 4. The highest BCUT2D eigenvalue weighted by molar-refractivity contribution is 9.10. The molecular weight excluding hydrogens is 250 g/mol. The van der Waals surface area contributed by atoms with Crippen molar-refractivity contribution in [2.24, 2.45) is 11.7 Å². The molecule has 1 aromatic heterocycles. The molecule has 13 heavy (non-hydrogen) atoms. The molecule has 0 amide bonds. The Morgan fingerprint density at radius 3 is 2.92 bits per heavy atom. The van der Waals surface area contributed by atoms with Crippen molar-refractivity contribution in [3.05, 3.63) is 20.8 Å². The number of ketones is 1. The second kappa shape index (κ2) is 4.88. The van der Waals surface area contributed by atoms with E-state index in [4.69, 9.17) is 5.73 Å². The number of thiophene rings is 1. The predicted octanol–water partition coefficient (Wildman–Crippen LogP) is 2.68. The molecular formula is C9H12BrNOS. The number of carbonyl (C=O) groups excluding carboxylic acids is 1. The van der Waals surface area contributed by atoms with E-state index in [0.717, 1.165) is 15.8 Å². The van der Waals surface area contributed by atoms with Gasteiger partial charge >= 0.3 is 0 Å². The van der Waals surface area contributed by atoms with Gasteiger partial charge in [-0.1, -0.05) is 6.92 Å². The Balaban J connectivity index is 2.67. The summed E-state index contributed by atoms with van der Waals surface area (Å²) in [5, 5.41) is 1.92. The lowest BCUT2D eigenvalue weighted by Gasteiger charge is -2.05. The van der Waals surface area contributed by atoms with Crippen LogP contribution >= 0.6 is 27.3 Å². The maximum Gasteiger partial charge on any atom is 0.175 e. The van der Waals surface area contributed by atoms with Crippen molar-refractivity contribution in [1.29, 1.82) is 0 Å². The van der Waals surface area contributed by atoms with Crippen LogP contribution in [0.15, 0.2) is 15.9 Å². The predicted molar refractivity (Wildman–Crippen MR) is 59.2 cm³/mol. The van der Waals surface area contributed by atoms with Crippen LogP contribution in [0.4, 0.5) is 0 Å². The van der Waals surface area contributed by atoms with Gasteiger partial charge in [-0.3, -0.25) is 4.79 Å². The lowest BCUT2D eigenvalue weighted by molar-refractivity contribution is 0.0929. The molecule has 1 atom stereocenters. The third-order valence-electron chi connectivity index (χ3n) is 1.86. The molecule has 1 rings (SSSR count). The molecule has 1 unspecified atom stereocenters. The average molecular weight is 262 g/mol. The minimum absolute atomic E-state index is 0.0375. The molecule has 0 aliphatic heterocycles. The monoisotopic (exact) mass is 261 g/mol. The van der Waals surface area contributed by atoms with Crippen molar-refractivity contribution in [3.63, 3.8) is 0 Å². The fraction of sp³-hybridized carbons (Fsp3) is 0.444. The van der Waals surface area contributed by atoms with E-state index >= 15 is 0 Å². The summed E-state index contributed by atoms with van der Waals surface area (Å²) in [4.78, 5) is 12.5. The molecule has 0 saturated carbocycles. The quantitative estimate of drug-likeness (QED) is 0.848. The number of carbonyl (C=O) groups is 1. The SMILES string of the molecule is CC(CCN)C(=O)c1cc(Br)cs1. The first-order chi connectivity index (χ1) is 6.15. The molecule has 2 nitrogen and oxygen atoms in total. The average Bonchev–Trinajstić information content (AvgIpc) is 2.51. The van der Waals surface area contributed by atoms with E-state index < -0.39 is 0 Å². The Morgan fingerprint density at radius 1 is 1.77 bits per heavy atom. The minimum Gasteiger partial charge on any atom is -0.330 e. The maximum absolute atomic E-state index is 11.7. The fourth-order valence-electron chi connectivity index (χ4n) is 1.07. The van der Waals surface area contributed by atoms with Gasteiger partial charge in [0.2, 0.25) is 0 Å². The van der Waals surface area contributed by atoms with Crippen LogP contribution in [0.2, 0.25) is 0 Å². The van der Waals surface area contributed by atoms with Crippen LogP contribution in [0.5, 0.6) is 0 Å². The summed E-state index contributed by atoms with van der Waals surface area (Å²) in [5.74, 6) is 0.233. The Hall–Kier alpha value is -0.190. The molecule has 1 heterocycles. The number of hydrogen-bond acceptors (Lipinski definition) is 3. The highest BCUT2D eigenvalue weighted by Crippen LogP contribution is 2.23. The van der Waals surface area contributed by atoms with E-state index in [1.807, 2.05) is 18.4 Å². The first-order valence-electron chi connectivity index (χ1n) is 4.13. The number of halogens is 1. The van der Waals surface area contributed by atoms with Crippen molar-refractivity contribution in [1.82, 2.24) is 0 Å². The van der Waals surface area contributed by atoms with Crippen molar-refractivity contribution < 1.29 is 4.79 Å². The molecule has 0 aromatic carbocycles. The third-order valence-corrected chi connectivity index (χ3v) is 3.56. The van der Waals surface area contributed by atoms with Crippen LogP contribution in [0.25, 0.3) is 0 Å². The van der Waals surface area contributed by atoms with E-state index in [-0.39, 0.29) is 11.7 Å². The lowest BCUT2D eigenvalue weighted by Crippen LogP contribution is -2.14. The zero-order valence-electron chi connectivity index (χ0n) is 7.42. The molecule has 0 aliphatic carbocycles. The minimum atomic E-state index is 0.0375. The second-order valence-electron chi connectivity index (χ2n) is 2.97. The van der Waals surface area contributed by atoms with Crippen LogP contribution in [0, 0.1) is 5.92 Å². The van der Waals surface area contributed by atoms with E-state index in [0.29, 0.717) is 6.54 Å². The standard InChI is InChI=1S/C9H12BrNOS/c1-6(2-3-11)9(12)8-4-7(10)5-13-8/h4-6H,2-3,11H2,1H3. The van der Waals surface area contributed by atoms with Crippen LogP contribution in [0.3, 0.4) is 0 Å². The van der Waals surface area contributed by atoms with Crippen LogP contribution in [-0.4, -0.2) is 12.3 Å². The lowest BCUT2D eigenvalue weighted by atomic mass is 10.0. The van der Waals surface area contributed by atoms with E-state index in [1.165, 1.54) is 11.3 Å². The molecule has 0 bridgehead atoms. The van der Waals surface area contributed by atoms with Crippen LogP contribution in [-0.2, 0) is 0 Å². The van der Waals surface area contributed by atoms with Gasteiger partial charge in [0.15, 0.2) is 5.78 Å². The Kier molecular flexibility index (Phi) is 4.09. The molecule has 1 aromatic rings. The fourth-order valence-corrected chi connectivity index (χ4v) is 2.55. The van der Waals surface area contributed by atoms with Gasteiger partial charge in [0.1, 0.15) is 0 Å². The summed E-state index contributed by atoms with van der Waals surface area (Å²) < 4.78 is 0.973. The smallest absolute Gasteiger partial charge is 0.175 e. The number of hydrogen-bond donors (Lipinski definition) is 1. The van der Waals surface area contributed by atoms with E-state index in [2.05, 4.69) is 15.9 Å². The Bertz CT molecular complexity index is 298. The summed E-state index contributed by atoms with van der Waals surface area (Å²) in [6, 6.07) is 1.86. The highest BCUT2D eigenvalue weighted by atomic mass is 79.9. The summed E-state index contributed by atoms with van der Waals surface area (Å²) >= 11 is 4.80. The van der Waals surface area contributed by atoms with Gasteiger partial charge < -0.3 is 5.73 Å². The molecule has 4 heteroatoms. The van der Waals surface area contributed by atoms with Gasteiger partial charge in [-0.05, 0) is 35.0 Å². The van der Waals surface area contributed by atoms with Crippen molar-refractivity contribution in [2.45, 2.75) is 13.3 Å². The van der Waals surface area contributed by atoms with Crippen molar-refractivity contribution >= 4 is 33.0 Å². The maximum atomic E-state index is 11.7. The summed E-state index contributed by atoms with van der Waals surface area (Å²) in [6.45, 7) is 2.49. The summed E-state index contributed by atoms with van der Waals surface area (Å²) in [6.07, 6.45) is 0.758. The molecule has 72 valence electrons. The zero-order valence-corrected chi connectivity index (χ0v) is 9.82. The van der Waals surface area contributed by atoms with Crippen molar-refractivity contribution in [2.75, 3.05) is 6.54 Å². The van der Waals surface area contributed by atoms with Crippen LogP contribution in [0.1, 0.15) is 23.0 Å². The summed E-state index contributed by atoms with van der Waals surface area (Å²) in [5.41, 5.74) is 5.39. The molecule has 0 fully saturated rings. The van der Waals surface area contributed by atoms with Gasteiger partial charge in [0.25, 0.3) is 0 Å². The number of Topliss-reactive ketones (excluding diaryl/α,β-unsaturated/α-hetero) is 1. The van der Waals surface area contributed by atoms with Gasteiger partial charge in [-0.25, -0.2) is 0 Å².